The number of nitrogens with one attached hydrogen (secondary N) is 1. The minimum absolute atomic E-state index is 0.783. The molecule has 3 N–H and O–H groups in total. The SMILES string of the molecule is NCCCCCNc1cccc2nsnc12. The van der Waals surface area contributed by atoms with E-state index in [4.69, 9.17) is 5.73 Å². The summed E-state index contributed by atoms with van der Waals surface area (Å²) in [6, 6.07) is 6.04. The summed E-state index contributed by atoms with van der Waals surface area (Å²) in [5.74, 6) is 0. The molecule has 86 valence electrons. The highest BCUT2D eigenvalue weighted by atomic mass is 32.1. The van der Waals surface area contributed by atoms with Crippen LogP contribution in [0.15, 0.2) is 18.2 Å². The number of fused-ring (bicyclic) bond motifs is 1. The molecule has 0 saturated carbocycles. The van der Waals surface area contributed by atoms with Gasteiger partial charge in [-0.05, 0) is 31.5 Å². The van der Waals surface area contributed by atoms with Crippen LogP contribution in [-0.4, -0.2) is 21.8 Å². The molecular weight excluding hydrogens is 220 g/mol. The van der Waals surface area contributed by atoms with Gasteiger partial charge in [-0.3, -0.25) is 0 Å². The van der Waals surface area contributed by atoms with Gasteiger partial charge in [0.15, 0.2) is 0 Å². The number of unbranched alkanes of at least 4 members (excludes halogenated alkanes) is 2. The van der Waals surface area contributed by atoms with Gasteiger partial charge in [0, 0.05) is 6.54 Å². The van der Waals surface area contributed by atoms with Gasteiger partial charge in [0.1, 0.15) is 11.0 Å². The molecule has 0 aliphatic rings. The Morgan fingerprint density at radius 3 is 3.00 bits per heavy atom. The molecule has 0 aliphatic heterocycles. The summed E-state index contributed by atoms with van der Waals surface area (Å²) in [5, 5.41) is 3.40. The lowest BCUT2D eigenvalue weighted by Gasteiger charge is -2.05. The van der Waals surface area contributed by atoms with Crippen molar-refractivity contribution in [2.24, 2.45) is 5.73 Å². The van der Waals surface area contributed by atoms with E-state index in [-0.39, 0.29) is 0 Å². The molecule has 0 unspecified atom stereocenters. The first-order chi connectivity index (χ1) is 7.92. The third kappa shape index (κ3) is 2.68. The van der Waals surface area contributed by atoms with E-state index in [9.17, 15) is 0 Å². The summed E-state index contributed by atoms with van der Waals surface area (Å²) in [6.07, 6.45) is 3.42. The number of hydrogen-bond acceptors (Lipinski definition) is 5. The van der Waals surface area contributed by atoms with E-state index in [2.05, 4.69) is 14.1 Å². The number of nitrogens with two attached hydrogens (primary N) is 1. The Bertz CT molecular complexity index is 440. The number of aromatic nitrogens is 2. The van der Waals surface area contributed by atoms with E-state index in [0.717, 1.165) is 42.7 Å². The zero-order chi connectivity index (χ0) is 11.2. The van der Waals surface area contributed by atoms with E-state index in [1.807, 2.05) is 18.2 Å². The number of benzene rings is 1. The molecule has 0 aliphatic carbocycles. The van der Waals surface area contributed by atoms with Crippen molar-refractivity contribution < 1.29 is 0 Å². The van der Waals surface area contributed by atoms with Gasteiger partial charge in [0.2, 0.25) is 0 Å². The van der Waals surface area contributed by atoms with Crippen LogP contribution in [0.1, 0.15) is 19.3 Å². The number of hydrogen-bond donors (Lipinski definition) is 2. The van der Waals surface area contributed by atoms with E-state index >= 15 is 0 Å². The molecule has 0 saturated heterocycles. The Balaban J connectivity index is 1.91. The van der Waals surface area contributed by atoms with Gasteiger partial charge < -0.3 is 11.1 Å². The lowest BCUT2D eigenvalue weighted by atomic mass is 10.2. The zero-order valence-electron chi connectivity index (χ0n) is 9.15. The van der Waals surface area contributed by atoms with Crippen LogP contribution in [0, 0.1) is 0 Å². The van der Waals surface area contributed by atoms with Gasteiger partial charge in [-0.1, -0.05) is 12.5 Å². The summed E-state index contributed by atoms with van der Waals surface area (Å²) in [4.78, 5) is 0. The predicted molar refractivity (Wildman–Crippen MR) is 68.8 cm³/mol. The average Bonchev–Trinajstić information content (AvgIpc) is 2.77. The first kappa shape index (κ1) is 11.3. The van der Waals surface area contributed by atoms with E-state index in [1.165, 1.54) is 18.1 Å². The first-order valence-electron chi connectivity index (χ1n) is 5.57. The number of anilines is 1. The smallest absolute Gasteiger partial charge is 0.127 e. The Morgan fingerprint density at radius 1 is 1.19 bits per heavy atom. The minimum atomic E-state index is 0.783. The molecule has 1 aromatic carbocycles. The Kier molecular flexibility index (Phi) is 4.07. The van der Waals surface area contributed by atoms with Gasteiger partial charge in [-0.2, -0.15) is 8.75 Å². The van der Waals surface area contributed by atoms with Crippen molar-refractivity contribution in [3.8, 4) is 0 Å². The fourth-order valence-electron chi connectivity index (χ4n) is 1.62. The highest BCUT2D eigenvalue weighted by Crippen LogP contribution is 2.20. The lowest BCUT2D eigenvalue weighted by molar-refractivity contribution is 0.707. The normalized spacial score (nSPS) is 10.8. The molecule has 1 aromatic heterocycles. The Hall–Kier alpha value is -1.20. The maximum Gasteiger partial charge on any atom is 0.127 e. The molecule has 5 heteroatoms. The monoisotopic (exact) mass is 236 g/mol. The van der Waals surface area contributed by atoms with Crippen LogP contribution in [0.2, 0.25) is 0 Å². The molecule has 16 heavy (non-hydrogen) atoms. The summed E-state index contributed by atoms with van der Waals surface area (Å²) >= 11 is 1.26. The second-order valence-electron chi connectivity index (χ2n) is 3.71. The fraction of sp³-hybridized carbons (Fsp3) is 0.455. The second kappa shape index (κ2) is 5.77. The van der Waals surface area contributed by atoms with Crippen molar-refractivity contribution in [1.29, 1.82) is 0 Å². The van der Waals surface area contributed by atoms with Crippen molar-refractivity contribution in [3.63, 3.8) is 0 Å². The first-order valence-corrected chi connectivity index (χ1v) is 6.30. The summed E-state index contributed by atoms with van der Waals surface area (Å²) in [5.41, 5.74) is 8.47. The van der Waals surface area contributed by atoms with Crippen LogP contribution < -0.4 is 11.1 Å². The van der Waals surface area contributed by atoms with Gasteiger partial charge in [-0.15, -0.1) is 0 Å². The molecule has 0 spiro atoms. The number of nitrogens with zero attached hydrogens (tertiary/aromatic N) is 2. The van der Waals surface area contributed by atoms with Gasteiger partial charge >= 0.3 is 0 Å². The molecule has 2 rings (SSSR count). The van der Waals surface area contributed by atoms with Crippen molar-refractivity contribution in [3.05, 3.63) is 18.2 Å². The van der Waals surface area contributed by atoms with Crippen LogP contribution in [0.4, 0.5) is 5.69 Å². The third-order valence-corrected chi connectivity index (χ3v) is 3.02. The zero-order valence-corrected chi connectivity index (χ0v) is 9.96. The number of rotatable bonds is 6. The molecule has 0 fully saturated rings. The van der Waals surface area contributed by atoms with E-state index < -0.39 is 0 Å². The van der Waals surface area contributed by atoms with Crippen LogP contribution in [-0.2, 0) is 0 Å². The van der Waals surface area contributed by atoms with Crippen molar-refractivity contribution in [2.45, 2.75) is 19.3 Å². The maximum absolute atomic E-state index is 5.45. The quantitative estimate of drug-likeness (QED) is 0.755. The van der Waals surface area contributed by atoms with Crippen molar-refractivity contribution in [2.75, 3.05) is 18.4 Å². The molecule has 0 bridgehead atoms. The largest absolute Gasteiger partial charge is 0.383 e. The molecule has 4 nitrogen and oxygen atoms in total. The predicted octanol–water partition coefficient (Wildman–Crippen LogP) is 2.23. The van der Waals surface area contributed by atoms with Crippen LogP contribution in [0.3, 0.4) is 0 Å². The van der Waals surface area contributed by atoms with Crippen LogP contribution in [0.5, 0.6) is 0 Å². The van der Waals surface area contributed by atoms with E-state index in [0.29, 0.717) is 0 Å². The molecular formula is C11H16N4S. The average molecular weight is 236 g/mol. The van der Waals surface area contributed by atoms with Crippen molar-refractivity contribution >= 4 is 28.4 Å². The van der Waals surface area contributed by atoms with Crippen LogP contribution >= 0.6 is 11.7 Å². The molecule has 0 atom stereocenters. The van der Waals surface area contributed by atoms with Gasteiger partial charge in [-0.25, -0.2) is 0 Å². The summed E-state index contributed by atoms with van der Waals surface area (Å²) < 4.78 is 8.49. The molecule has 2 aromatic rings. The molecule has 0 amide bonds. The van der Waals surface area contributed by atoms with Crippen molar-refractivity contribution in [1.82, 2.24) is 8.75 Å². The van der Waals surface area contributed by atoms with Gasteiger partial charge in [0.05, 0.1) is 17.4 Å². The highest BCUT2D eigenvalue weighted by molar-refractivity contribution is 7.00. The molecule has 0 radical (unpaired) electrons. The fourth-order valence-corrected chi connectivity index (χ4v) is 2.17. The lowest BCUT2D eigenvalue weighted by Crippen LogP contribution is -2.04. The summed E-state index contributed by atoms with van der Waals surface area (Å²) in [6.45, 7) is 1.75. The Labute approximate surface area is 99.2 Å². The minimum Gasteiger partial charge on any atom is -0.383 e. The highest BCUT2D eigenvalue weighted by Gasteiger charge is 2.03. The topological polar surface area (TPSA) is 63.8 Å². The maximum atomic E-state index is 5.45. The standard InChI is InChI=1S/C11H16N4S/c12-7-2-1-3-8-13-9-5-4-6-10-11(9)15-16-14-10/h4-6,13H,1-3,7-8,12H2. The van der Waals surface area contributed by atoms with Crippen LogP contribution in [0.25, 0.3) is 11.0 Å². The van der Waals surface area contributed by atoms with E-state index in [1.54, 1.807) is 0 Å². The third-order valence-electron chi connectivity index (χ3n) is 2.48. The molecule has 1 heterocycles. The second-order valence-corrected chi connectivity index (χ2v) is 4.24. The summed E-state index contributed by atoms with van der Waals surface area (Å²) in [7, 11) is 0. The van der Waals surface area contributed by atoms with Gasteiger partial charge in [0.25, 0.3) is 0 Å². The Morgan fingerprint density at radius 2 is 2.12 bits per heavy atom.